The highest BCUT2D eigenvalue weighted by Crippen LogP contribution is 2.21. The number of hydrogen-bond acceptors (Lipinski definition) is 1. The smallest absolute Gasteiger partial charge is 0.0950 e. The molecule has 0 atom stereocenters. The molecule has 1 rings (SSSR count). The maximum Gasteiger partial charge on any atom is 0.0950 e. The molecule has 0 radical (unpaired) electrons. The Morgan fingerprint density at radius 1 is 1.58 bits per heavy atom. The van der Waals surface area contributed by atoms with Crippen molar-refractivity contribution in [3.8, 4) is 0 Å². The largest absolute Gasteiger partial charge is 0.387 e. The van der Waals surface area contributed by atoms with E-state index in [0.29, 0.717) is 11.4 Å². The lowest BCUT2D eigenvalue weighted by Crippen LogP contribution is -2.12. The van der Waals surface area contributed by atoms with Crippen LogP contribution >= 0.6 is 27.5 Å². The molecule has 0 bridgehead atoms. The van der Waals surface area contributed by atoms with Crippen molar-refractivity contribution in [3.63, 3.8) is 0 Å². The predicted octanol–water partition coefficient (Wildman–Crippen LogP) is 2.58. The normalized spacial score (nSPS) is 9.83. The molecule has 0 aliphatic rings. The summed E-state index contributed by atoms with van der Waals surface area (Å²) in [5.41, 5.74) is 6.20. The minimum atomic E-state index is 0.137. The summed E-state index contributed by atoms with van der Waals surface area (Å²) in [6, 6.07) is 5.43. The lowest BCUT2D eigenvalue weighted by atomic mass is 10.1. The fourth-order valence-electron chi connectivity index (χ4n) is 0.884. The Morgan fingerprint density at radius 3 is 2.83 bits per heavy atom. The third kappa shape index (κ3) is 2.50. The minimum absolute atomic E-state index is 0.137. The predicted molar refractivity (Wildman–Crippen MR) is 54.8 cm³/mol. The molecule has 64 valence electrons. The number of benzene rings is 1. The van der Waals surface area contributed by atoms with Gasteiger partial charge < -0.3 is 5.73 Å². The molecule has 0 aromatic heterocycles. The topological polar surface area (TPSA) is 49.9 Å². The van der Waals surface area contributed by atoms with Crippen molar-refractivity contribution in [2.75, 3.05) is 0 Å². The van der Waals surface area contributed by atoms with Crippen molar-refractivity contribution < 1.29 is 0 Å². The van der Waals surface area contributed by atoms with Crippen LogP contribution in [0.1, 0.15) is 5.56 Å². The number of rotatable bonds is 2. The van der Waals surface area contributed by atoms with Gasteiger partial charge >= 0.3 is 0 Å². The van der Waals surface area contributed by atoms with Crippen molar-refractivity contribution in [1.82, 2.24) is 0 Å². The number of nitrogens with one attached hydrogen (secondary N) is 1. The molecular formula is C8H8BrClN2. The molecule has 0 saturated carbocycles. The van der Waals surface area contributed by atoms with Crippen molar-refractivity contribution in [1.29, 1.82) is 5.41 Å². The molecule has 3 N–H and O–H groups in total. The van der Waals surface area contributed by atoms with Gasteiger partial charge in [0.25, 0.3) is 0 Å². The Morgan fingerprint density at radius 2 is 2.25 bits per heavy atom. The van der Waals surface area contributed by atoms with E-state index >= 15 is 0 Å². The zero-order valence-corrected chi connectivity index (χ0v) is 8.61. The summed E-state index contributed by atoms with van der Waals surface area (Å²) in [7, 11) is 0. The van der Waals surface area contributed by atoms with E-state index in [4.69, 9.17) is 22.7 Å². The average Bonchev–Trinajstić information content (AvgIpc) is 1.96. The fourth-order valence-corrected chi connectivity index (χ4v) is 1.47. The van der Waals surface area contributed by atoms with E-state index in [-0.39, 0.29) is 5.84 Å². The van der Waals surface area contributed by atoms with E-state index in [2.05, 4.69) is 15.9 Å². The van der Waals surface area contributed by atoms with Gasteiger partial charge in [0, 0.05) is 15.9 Å². The maximum atomic E-state index is 7.11. The molecule has 0 spiro atoms. The van der Waals surface area contributed by atoms with Gasteiger partial charge in [-0.1, -0.05) is 27.5 Å². The minimum Gasteiger partial charge on any atom is -0.387 e. The van der Waals surface area contributed by atoms with E-state index < -0.39 is 0 Å². The maximum absolute atomic E-state index is 7.11. The molecule has 2 nitrogen and oxygen atoms in total. The third-order valence-corrected chi connectivity index (χ3v) is 2.40. The Hall–Kier alpha value is -0.540. The molecule has 12 heavy (non-hydrogen) atoms. The van der Waals surface area contributed by atoms with Crippen LogP contribution in [0.15, 0.2) is 22.7 Å². The second-order valence-corrected chi connectivity index (χ2v) is 3.73. The molecule has 0 amide bonds. The van der Waals surface area contributed by atoms with Gasteiger partial charge in [-0.15, -0.1) is 0 Å². The quantitative estimate of drug-likeness (QED) is 0.612. The summed E-state index contributed by atoms with van der Waals surface area (Å²) in [6.45, 7) is 0. The van der Waals surface area contributed by atoms with Crippen LogP contribution in [-0.4, -0.2) is 5.84 Å². The van der Waals surface area contributed by atoms with Gasteiger partial charge in [-0.05, 0) is 23.8 Å². The van der Waals surface area contributed by atoms with Gasteiger partial charge in [-0.3, -0.25) is 5.41 Å². The van der Waals surface area contributed by atoms with Gasteiger partial charge in [-0.2, -0.15) is 0 Å². The van der Waals surface area contributed by atoms with Crippen LogP contribution in [-0.2, 0) is 6.42 Å². The summed E-state index contributed by atoms with van der Waals surface area (Å²) in [5, 5.41) is 7.77. The highest BCUT2D eigenvalue weighted by atomic mass is 79.9. The number of hydrogen-bond donors (Lipinski definition) is 2. The van der Waals surface area contributed by atoms with Crippen LogP contribution in [0.25, 0.3) is 0 Å². The molecule has 1 aromatic rings. The van der Waals surface area contributed by atoms with Crippen molar-refractivity contribution in [3.05, 3.63) is 33.3 Å². The zero-order valence-electron chi connectivity index (χ0n) is 6.27. The van der Waals surface area contributed by atoms with Crippen LogP contribution in [0.4, 0.5) is 0 Å². The van der Waals surface area contributed by atoms with E-state index in [9.17, 15) is 0 Å². The molecule has 0 aliphatic carbocycles. The van der Waals surface area contributed by atoms with Crippen LogP contribution < -0.4 is 5.73 Å². The Balaban J connectivity index is 2.97. The summed E-state index contributed by atoms with van der Waals surface area (Å²) >= 11 is 9.12. The lowest BCUT2D eigenvalue weighted by molar-refractivity contribution is 1.23. The Bertz CT molecular complexity index is 312. The zero-order chi connectivity index (χ0) is 9.14. The Kier molecular flexibility index (Phi) is 3.12. The number of amidine groups is 1. The van der Waals surface area contributed by atoms with Crippen LogP contribution in [0.2, 0.25) is 5.02 Å². The first-order valence-electron chi connectivity index (χ1n) is 3.36. The standard InChI is InChI=1S/C8H8BrClN2/c9-7-2-1-6(10)3-5(7)4-8(11)12/h1-3H,4H2,(H3,11,12). The summed E-state index contributed by atoms with van der Waals surface area (Å²) < 4.78 is 0.933. The SMILES string of the molecule is N=C(N)Cc1cc(Cl)ccc1Br. The second-order valence-electron chi connectivity index (χ2n) is 2.44. The molecular weight excluding hydrogens is 239 g/mol. The molecule has 0 heterocycles. The fraction of sp³-hybridized carbons (Fsp3) is 0.125. The molecule has 0 fully saturated rings. The van der Waals surface area contributed by atoms with E-state index in [1.807, 2.05) is 6.07 Å². The highest BCUT2D eigenvalue weighted by Gasteiger charge is 2.01. The number of halogens is 2. The Labute approximate surface area is 84.4 Å². The summed E-state index contributed by atoms with van der Waals surface area (Å²) in [5.74, 6) is 0.137. The third-order valence-electron chi connectivity index (χ3n) is 1.39. The van der Waals surface area contributed by atoms with Gasteiger partial charge in [0.15, 0.2) is 0 Å². The highest BCUT2D eigenvalue weighted by molar-refractivity contribution is 9.10. The van der Waals surface area contributed by atoms with Crippen molar-refractivity contribution in [2.45, 2.75) is 6.42 Å². The van der Waals surface area contributed by atoms with Crippen molar-refractivity contribution >= 4 is 33.4 Å². The van der Waals surface area contributed by atoms with Crippen LogP contribution in [0, 0.1) is 5.41 Å². The lowest BCUT2D eigenvalue weighted by Gasteiger charge is -2.02. The monoisotopic (exact) mass is 246 g/mol. The van der Waals surface area contributed by atoms with Gasteiger partial charge in [0.05, 0.1) is 5.84 Å². The van der Waals surface area contributed by atoms with E-state index in [1.165, 1.54) is 0 Å². The molecule has 1 aromatic carbocycles. The summed E-state index contributed by atoms with van der Waals surface area (Å²) in [6.07, 6.45) is 0.432. The summed E-state index contributed by atoms with van der Waals surface area (Å²) in [4.78, 5) is 0. The van der Waals surface area contributed by atoms with Crippen LogP contribution in [0.3, 0.4) is 0 Å². The van der Waals surface area contributed by atoms with E-state index in [0.717, 1.165) is 10.0 Å². The second kappa shape index (κ2) is 3.92. The van der Waals surface area contributed by atoms with E-state index in [1.54, 1.807) is 12.1 Å². The number of nitrogens with two attached hydrogens (primary N) is 1. The van der Waals surface area contributed by atoms with Gasteiger partial charge in [0.2, 0.25) is 0 Å². The van der Waals surface area contributed by atoms with Gasteiger partial charge in [-0.25, -0.2) is 0 Å². The first-order chi connectivity index (χ1) is 5.59. The molecule has 0 saturated heterocycles. The van der Waals surface area contributed by atoms with Crippen LogP contribution in [0.5, 0.6) is 0 Å². The van der Waals surface area contributed by atoms with Gasteiger partial charge in [0.1, 0.15) is 0 Å². The van der Waals surface area contributed by atoms with Crippen molar-refractivity contribution in [2.24, 2.45) is 5.73 Å². The first kappa shape index (κ1) is 9.55. The molecule has 0 unspecified atom stereocenters. The molecule has 4 heteroatoms. The average molecular weight is 248 g/mol. The molecule has 0 aliphatic heterocycles. The first-order valence-corrected chi connectivity index (χ1v) is 4.53.